The first-order chi connectivity index (χ1) is 10.5. The van der Waals surface area contributed by atoms with Gasteiger partial charge in [0.1, 0.15) is 17.3 Å². The minimum Gasteiger partial charge on any atom is -0.356 e. The maximum atomic E-state index is 12.2. The van der Waals surface area contributed by atoms with E-state index >= 15 is 0 Å². The Bertz CT molecular complexity index is 509. The molecule has 1 aromatic heterocycles. The second-order valence-corrected chi connectivity index (χ2v) is 6.39. The fourth-order valence-electron chi connectivity index (χ4n) is 2.55. The van der Waals surface area contributed by atoms with Crippen LogP contribution in [0.15, 0.2) is 6.07 Å². The summed E-state index contributed by atoms with van der Waals surface area (Å²) in [6.45, 7) is 7.55. The van der Waals surface area contributed by atoms with Gasteiger partial charge in [-0.25, -0.2) is 9.97 Å². The number of anilines is 1. The van der Waals surface area contributed by atoms with Crippen LogP contribution in [0.4, 0.5) is 5.82 Å². The lowest BCUT2D eigenvalue weighted by atomic mass is 9.99. The van der Waals surface area contributed by atoms with Gasteiger partial charge in [0.05, 0.1) is 0 Å². The summed E-state index contributed by atoms with van der Waals surface area (Å²) in [6, 6.07) is 1.81. The van der Waals surface area contributed by atoms with Crippen molar-refractivity contribution in [2.75, 3.05) is 45.2 Å². The van der Waals surface area contributed by atoms with Crippen LogP contribution in [0, 0.1) is 12.8 Å². The third-order valence-electron chi connectivity index (χ3n) is 4.01. The van der Waals surface area contributed by atoms with E-state index in [1.54, 1.807) is 0 Å². The number of rotatable bonds is 5. The van der Waals surface area contributed by atoms with Crippen molar-refractivity contribution in [3.8, 4) is 0 Å². The fourth-order valence-corrected chi connectivity index (χ4v) is 2.55. The van der Waals surface area contributed by atoms with Gasteiger partial charge in [-0.05, 0) is 39.8 Å². The van der Waals surface area contributed by atoms with Crippen molar-refractivity contribution in [1.29, 1.82) is 0 Å². The van der Waals surface area contributed by atoms with E-state index in [2.05, 4.69) is 27.1 Å². The molecule has 1 N–H and O–H groups in total. The summed E-state index contributed by atoms with van der Waals surface area (Å²) in [4.78, 5) is 25.3. The van der Waals surface area contributed by atoms with Crippen LogP contribution in [0.3, 0.4) is 0 Å². The molecule has 1 aliphatic rings. The lowest BCUT2D eigenvalue weighted by Gasteiger charge is -2.31. The lowest BCUT2D eigenvalue weighted by Crippen LogP contribution is -2.35. The molecule has 0 saturated carbocycles. The van der Waals surface area contributed by atoms with Crippen molar-refractivity contribution in [3.05, 3.63) is 17.6 Å². The lowest BCUT2D eigenvalue weighted by molar-refractivity contribution is 0.0945. The largest absolute Gasteiger partial charge is 0.356 e. The molecule has 0 spiro atoms. The van der Waals surface area contributed by atoms with Gasteiger partial charge in [-0.15, -0.1) is 0 Å². The Hall–Kier alpha value is -1.69. The molecule has 122 valence electrons. The monoisotopic (exact) mass is 305 g/mol. The first kappa shape index (κ1) is 16.7. The molecule has 6 heteroatoms. The highest BCUT2D eigenvalue weighted by atomic mass is 16.1. The van der Waals surface area contributed by atoms with E-state index in [9.17, 15) is 4.79 Å². The molecule has 1 amide bonds. The number of nitrogens with one attached hydrogen (secondary N) is 1. The zero-order valence-electron chi connectivity index (χ0n) is 14.1. The normalized spacial score (nSPS) is 16.1. The zero-order chi connectivity index (χ0) is 16.1. The van der Waals surface area contributed by atoms with Gasteiger partial charge in [0, 0.05) is 32.2 Å². The molecule has 1 aliphatic heterocycles. The third kappa shape index (κ3) is 4.66. The van der Waals surface area contributed by atoms with E-state index < -0.39 is 0 Å². The minimum absolute atomic E-state index is 0.126. The number of likely N-dealkylation sites (N-methyl/N-ethyl adjacent to an activating group) is 1. The Morgan fingerprint density at radius 3 is 2.68 bits per heavy atom. The Balaban J connectivity index is 2.04. The van der Waals surface area contributed by atoms with Crippen molar-refractivity contribution in [3.63, 3.8) is 0 Å². The Labute approximate surface area is 132 Å². The van der Waals surface area contributed by atoms with E-state index in [0.29, 0.717) is 18.1 Å². The van der Waals surface area contributed by atoms with Gasteiger partial charge < -0.3 is 15.1 Å². The second kappa shape index (κ2) is 7.54. The summed E-state index contributed by atoms with van der Waals surface area (Å²) in [5, 5.41) is 2.91. The van der Waals surface area contributed by atoms with Crippen molar-refractivity contribution < 1.29 is 4.79 Å². The number of hydrogen-bond donors (Lipinski definition) is 1. The number of hydrogen-bond acceptors (Lipinski definition) is 5. The number of piperidine rings is 1. The molecular weight excluding hydrogens is 278 g/mol. The highest BCUT2D eigenvalue weighted by molar-refractivity contribution is 5.92. The van der Waals surface area contributed by atoms with Crippen molar-refractivity contribution in [2.45, 2.75) is 26.7 Å². The van der Waals surface area contributed by atoms with Crippen LogP contribution in [-0.4, -0.2) is 61.0 Å². The van der Waals surface area contributed by atoms with Crippen LogP contribution in [0.25, 0.3) is 0 Å². The first-order valence-electron chi connectivity index (χ1n) is 7.99. The Morgan fingerprint density at radius 1 is 1.36 bits per heavy atom. The predicted molar refractivity (Wildman–Crippen MR) is 88.3 cm³/mol. The summed E-state index contributed by atoms with van der Waals surface area (Å²) in [6.07, 6.45) is 2.35. The van der Waals surface area contributed by atoms with Crippen molar-refractivity contribution in [1.82, 2.24) is 20.2 Å². The van der Waals surface area contributed by atoms with E-state index in [-0.39, 0.29) is 5.91 Å². The number of amides is 1. The molecule has 0 radical (unpaired) electrons. The number of carbonyl (C=O) groups is 1. The smallest absolute Gasteiger partial charge is 0.270 e. The first-order valence-corrected chi connectivity index (χ1v) is 7.99. The van der Waals surface area contributed by atoms with E-state index in [1.165, 1.54) is 12.8 Å². The molecule has 1 saturated heterocycles. The van der Waals surface area contributed by atoms with Crippen LogP contribution in [0.1, 0.15) is 36.1 Å². The van der Waals surface area contributed by atoms with Crippen molar-refractivity contribution in [2.24, 2.45) is 5.92 Å². The van der Waals surface area contributed by atoms with Crippen LogP contribution in [0.5, 0.6) is 0 Å². The van der Waals surface area contributed by atoms with Crippen molar-refractivity contribution >= 4 is 11.7 Å². The molecule has 0 atom stereocenters. The van der Waals surface area contributed by atoms with Gasteiger partial charge in [-0.1, -0.05) is 6.92 Å². The molecule has 2 rings (SSSR count). The summed E-state index contributed by atoms with van der Waals surface area (Å²) in [7, 11) is 3.97. The molecule has 6 nitrogen and oxygen atoms in total. The molecule has 1 fully saturated rings. The van der Waals surface area contributed by atoms with Gasteiger partial charge in [0.15, 0.2) is 0 Å². The number of nitrogens with zero attached hydrogens (tertiary/aromatic N) is 4. The van der Waals surface area contributed by atoms with E-state index in [0.717, 1.165) is 31.4 Å². The maximum absolute atomic E-state index is 12.2. The average Bonchev–Trinajstić information content (AvgIpc) is 2.46. The molecule has 0 bridgehead atoms. The van der Waals surface area contributed by atoms with E-state index in [1.807, 2.05) is 32.0 Å². The highest BCUT2D eigenvalue weighted by Crippen LogP contribution is 2.21. The van der Waals surface area contributed by atoms with Gasteiger partial charge in [-0.3, -0.25) is 4.79 Å². The number of aryl methyl sites for hydroxylation is 1. The zero-order valence-corrected chi connectivity index (χ0v) is 14.1. The average molecular weight is 305 g/mol. The summed E-state index contributed by atoms with van der Waals surface area (Å²) < 4.78 is 0. The Kier molecular flexibility index (Phi) is 5.71. The number of aromatic nitrogens is 2. The van der Waals surface area contributed by atoms with Gasteiger partial charge in [0.25, 0.3) is 5.91 Å². The summed E-state index contributed by atoms with van der Waals surface area (Å²) in [5.74, 6) is 2.16. The standard InChI is InChI=1S/C16H27N5O/c1-12-5-8-21(9-6-12)15-11-14(18-13(2)19-15)16(22)17-7-10-20(3)4/h11-12H,5-10H2,1-4H3,(H,17,22). The molecule has 0 aliphatic carbocycles. The molecule has 1 aromatic rings. The van der Waals surface area contributed by atoms with Crippen LogP contribution in [-0.2, 0) is 0 Å². The topological polar surface area (TPSA) is 61.4 Å². The van der Waals surface area contributed by atoms with Crippen LogP contribution >= 0.6 is 0 Å². The SMILES string of the molecule is Cc1nc(C(=O)NCCN(C)C)cc(N2CCC(C)CC2)n1. The molecule has 0 unspecified atom stereocenters. The summed E-state index contributed by atoms with van der Waals surface area (Å²) >= 11 is 0. The van der Waals surface area contributed by atoms with E-state index in [4.69, 9.17) is 0 Å². The molecule has 2 heterocycles. The molecule has 0 aromatic carbocycles. The van der Waals surface area contributed by atoms with Gasteiger partial charge in [0.2, 0.25) is 0 Å². The highest BCUT2D eigenvalue weighted by Gasteiger charge is 2.19. The quantitative estimate of drug-likeness (QED) is 0.889. The second-order valence-electron chi connectivity index (χ2n) is 6.39. The van der Waals surface area contributed by atoms with Crippen LogP contribution in [0.2, 0.25) is 0 Å². The maximum Gasteiger partial charge on any atom is 0.270 e. The predicted octanol–water partition coefficient (Wildman–Crippen LogP) is 1.31. The Morgan fingerprint density at radius 2 is 2.05 bits per heavy atom. The fraction of sp³-hybridized carbons (Fsp3) is 0.688. The van der Waals surface area contributed by atoms with Gasteiger partial charge >= 0.3 is 0 Å². The minimum atomic E-state index is -0.126. The molecular formula is C16H27N5O. The summed E-state index contributed by atoms with van der Waals surface area (Å²) in [5.41, 5.74) is 0.458. The number of carbonyl (C=O) groups excluding carboxylic acids is 1. The third-order valence-corrected chi connectivity index (χ3v) is 4.01. The van der Waals surface area contributed by atoms with Gasteiger partial charge in [-0.2, -0.15) is 0 Å². The van der Waals surface area contributed by atoms with Crippen LogP contribution < -0.4 is 10.2 Å². The molecule has 22 heavy (non-hydrogen) atoms.